The van der Waals surface area contributed by atoms with E-state index in [0.29, 0.717) is 5.75 Å². The van der Waals surface area contributed by atoms with Gasteiger partial charge >= 0.3 is 5.97 Å². The van der Waals surface area contributed by atoms with Gasteiger partial charge in [0.1, 0.15) is 5.54 Å². The topological polar surface area (TPSA) is 40.5 Å². The molecule has 0 spiro atoms. The summed E-state index contributed by atoms with van der Waals surface area (Å²) in [7, 11) is 3.45. The van der Waals surface area contributed by atoms with Crippen LogP contribution < -0.4 is 0 Å². The normalized spacial score (nSPS) is 16.9. The van der Waals surface area contributed by atoms with Gasteiger partial charge in [0.2, 0.25) is 0 Å². The second-order valence-electron chi connectivity index (χ2n) is 2.63. The van der Waals surface area contributed by atoms with Crippen molar-refractivity contribution in [3.63, 3.8) is 0 Å². The van der Waals surface area contributed by atoms with E-state index < -0.39 is 11.5 Å². The van der Waals surface area contributed by atoms with E-state index in [9.17, 15) is 4.79 Å². The van der Waals surface area contributed by atoms with E-state index in [4.69, 9.17) is 5.11 Å². The lowest BCUT2D eigenvalue weighted by molar-refractivity contribution is -0.147. The lowest BCUT2D eigenvalue weighted by Gasteiger charge is -2.29. The predicted octanol–water partition coefficient (Wildman–Crippen LogP) is 0.321. The van der Waals surface area contributed by atoms with Crippen molar-refractivity contribution in [2.24, 2.45) is 0 Å². The molecule has 0 heterocycles. The summed E-state index contributed by atoms with van der Waals surface area (Å²) in [4.78, 5) is 12.2. The Labute approximate surface area is 66.4 Å². The lowest BCUT2D eigenvalue weighted by atomic mass is 10.1. The van der Waals surface area contributed by atoms with E-state index in [0.717, 1.165) is 0 Å². The molecule has 0 aromatic rings. The highest BCUT2D eigenvalue weighted by molar-refractivity contribution is 7.80. The summed E-state index contributed by atoms with van der Waals surface area (Å²) in [5, 5.41) is 8.71. The molecule has 0 saturated heterocycles. The summed E-state index contributed by atoms with van der Waals surface area (Å²) in [6.07, 6.45) is 0. The van der Waals surface area contributed by atoms with E-state index in [1.165, 1.54) is 0 Å². The molecule has 0 aliphatic carbocycles. The van der Waals surface area contributed by atoms with Crippen molar-refractivity contribution in [3.8, 4) is 0 Å². The minimum atomic E-state index is -0.844. The van der Waals surface area contributed by atoms with E-state index in [1.807, 2.05) is 0 Å². The van der Waals surface area contributed by atoms with Crippen LogP contribution in [0.1, 0.15) is 6.92 Å². The van der Waals surface area contributed by atoms with Gasteiger partial charge in [-0.2, -0.15) is 12.6 Å². The van der Waals surface area contributed by atoms with Crippen molar-refractivity contribution >= 4 is 18.6 Å². The molecule has 0 rings (SSSR count). The van der Waals surface area contributed by atoms with Crippen LogP contribution in [0.3, 0.4) is 0 Å². The Bertz CT molecular complexity index is 138. The number of nitrogens with zero attached hydrogens (tertiary/aromatic N) is 1. The molecule has 0 aromatic heterocycles. The fourth-order valence-corrected chi connectivity index (χ4v) is 0.818. The Morgan fingerprint density at radius 2 is 2.10 bits per heavy atom. The van der Waals surface area contributed by atoms with Gasteiger partial charge < -0.3 is 5.11 Å². The molecule has 0 aliphatic heterocycles. The first-order valence-electron chi connectivity index (χ1n) is 2.97. The predicted molar refractivity (Wildman–Crippen MR) is 43.6 cm³/mol. The fraction of sp³-hybridized carbons (Fsp3) is 0.833. The van der Waals surface area contributed by atoms with Crippen LogP contribution >= 0.6 is 12.6 Å². The molecule has 1 atom stereocenters. The van der Waals surface area contributed by atoms with Crippen molar-refractivity contribution in [3.05, 3.63) is 0 Å². The molecule has 0 aliphatic rings. The summed E-state index contributed by atoms with van der Waals surface area (Å²) in [5.74, 6) is -0.525. The smallest absolute Gasteiger partial charge is 0.324 e. The molecule has 0 saturated carbocycles. The van der Waals surface area contributed by atoms with Gasteiger partial charge in [-0.1, -0.05) is 0 Å². The summed E-state index contributed by atoms with van der Waals surface area (Å²) < 4.78 is 0. The van der Waals surface area contributed by atoms with E-state index >= 15 is 0 Å². The Balaban J connectivity index is 4.38. The molecule has 3 nitrogen and oxygen atoms in total. The van der Waals surface area contributed by atoms with Crippen LogP contribution in [-0.2, 0) is 4.79 Å². The second-order valence-corrected chi connectivity index (χ2v) is 2.95. The Hall–Kier alpha value is -0.220. The maximum atomic E-state index is 10.6. The first kappa shape index (κ1) is 9.78. The third-order valence-corrected chi connectivity index (χ3v) is 2.37. The number of aliphatic carboxylic acids is 1. The maximum absolute atomic E-state index is 10.6. The van der Waals surface area contributed by atoms with Crippen LogP contribution in [0.2, 0.25) is 0 Å². The van der Waals surface area contributed by atoms with E-state index in [2.05, 4.69) is 12.6 Å². The molecule has 0 amide bonds. The van der Waals surface area contributed by atoms with Crippen LogP contribution in [0, 0.1) is 0 Å². The minimum absolute atomic E-state index is 0.315. The molecule has 0 aromatic carbocycles. The molecule has 0 unspecified atom stereocenters. The minimum Gasteiger partial charge on any atom is -0.480 e. The third kappa shape index (κ3) is 1.64. The number of carboxylic acids is 1. The van der Waals surface area contributed by atoms with E-state index in [1.54, 1.807) is 25.9 Å². The number of rotatable bonds is 3. The van der Waals surface area contributed by atoms with Gasteiger partial charge in [-0.15, -0.1) is 0 Å². The van der Waals surface area contributed by atoms with Gasteiger partial charge in [0.15, 0.2) is 0 Å². The average molecular weight is 163 g/mol. The molecule has 0 fully saturated rings. The van der Waals surface area contributed by atoms with Gasteiger partial charge in [-0.05, 0) is 21.0 Å². The van der Waals surface area contributed by atoms with Crippen LogP contribution in [0.25, 0.3) is 0 Å². The van der Waals surface area contributed by atoms with Gasteiger partial charge in [0.25, 0.3) is 0 Å². The number of hydrogen-bond donors (Lipinski definition) is 2. The standard InChI is InChI=1S/C6H13NO2S/c1-6(4-10,5(8)9)7(2)3/h10H,4H2,1-3H3,(H,8,9)/t6-/m0/s1. The molecule has 60 valence electrons. The Morgan fingerprint density at radius 3 is 2.10 bits per heavy atom. The average Bonchev–Trinajstić information content (AvgIpc) is 1.85. The van der Waals surface area contributed by atoms with Crippen molar-refractivity contribution in [1.82, 2.24) is 4.90 Å². The highest BCUT2D eigenvalue weighted by Crippen LogP contribution is 2.12. The lowest BCUT2D eigenvalue weighted by Crippen LogP contribution is -2.50. The Kier molecular flexibility index (Phi) is 3.18. The molecule has 10 heavy (non-hydrogen) atoms. The summed E-state index contributed by atoms with van der Waals surface area (Å²) >= 11 is 3.96. The first-order valence-corrected chi connectivity index (χ1v) is 3.60. The SMILES string of the molecule is CN(C)[C@@](C)(CS)C(=O)O. The summed E-state index contributed by atoms with van der Waals surface area (Å²) in [6, 6.07) is 0. The largest absolute Gasteiger partial charge is 0.480 e. The third-order valence-electron chi connectivity index (χ3n) is 1.76. The quantitative estimate of drug-likeness (QED) is 0.589. The molecule has 1 N–H and O–H groups in total. The number of carbonyl (C=O) groups is 1. The van der Waals surface area contributed by atoms with Crippen molar-refractivity contribution in [2.75, 3.05) is 19.8 Å². The van der Waals surface area contributed by atoms with Gasteiger partial charge in [0.05, 0.1) is 0 Å². The second kappa shape index (κ2) is 3.25. The zero-order chi connectivity index (χ0) is 8.36. The zero-order valence-electron chi connectivity index (χ0n) is 6.46. The first-order chi connectivity index (χ1) is 4.45. The number of hydrogen-bond acceptors (Lipinski definition) is 3. The van der Waals surface area contributed by atoms with Gasteiger partial charge in [-0.25, -0.2) is 0 Å². The highest BCUT2D eigenvalue weighted by Gasteiger charge is 2.33. The van der Waals surface area contributed by atoms with Crippen molar-refractivity contribution < 1.29 is 9.90 Å². The monoisotopic (exact) mass is 163 g/mol. The van der Waals surface area contributed by atoms with E-state index in [-0.39, 0.29) is 0 Å². The summed E-state index contributed by atoms with van der Waals surface area (Å²) in [5.41, 5.74) is -0.844. The highest BCUT2D eigenvalue weighted by atomic mass is 32.1. The Morgan fingerprint density at radius 1 is 1.70 bits per heavy atom. The molecule has 4 heteroatoms. The van der Waals surface area contributed by atoms with Crippen molar-refractivity contribution in [2.45, 2.75) is 12.5 Å². The number of thiol groups is 1. The summed E-state index contributed by atoms with van der Waals surface area (Å²) in [6.45, 7) is 1.64. The van der Waals surface area contributed by atoms with Crippen LogP contribution in [0.4, 0.5) is 0 Å². The zero-order valence-corrected chi connectivity index (χ0v) is 7.35. The fourth-order valence-electron chi connectivity index (χ4n) is 0.400. The molecular weight excluding hydrogens is 150 g/mol. The van der Waals surface area contributed by atoms with Crippen LogP contribution in [-0.4, -0.2) is 41.4 Å². The molecule has 0 bridgehead atoms. The van der Waals surface area contributed by atoms with Crippen LogP contribution in [0.5, 0.6) is 0 Å². The number of carboxylic acid groups (broad SMARTS) is 1. The maximum Gasteiger partial charge on any atom is 0.324 e. The molecular formula is C6H13NO2S. The van der Waals surface area contributed by atoms with Crippen LogP contribution in [0.15, 0.2) is 0 Å². The number of likely N-dealkylation sites (N-methyl/N-ethyl adjacent to an activating group) is 1. The van der Waals surface area contributed by atoms with Gasteiger partial charge in [-0.3, -0.25) is 9.69 Å². The molecule has 0 radical (unpaired) electrons. The van der Waals surface area contributed by atoms with Crippen molar-refractivity contribution in [1.29, 1.82) is 0 Å². The van der Waals surface area contributed by atoms with Gasteiger partial charge in [0, 0.05) is 5.75 Å².